The Morgan fingerprint density at radius 3 is 2.68 bits per heavy atom. The van der Waals surface area contributed by atoms with Crippen LogP contribution in [0.1, 0.15) is 23.1 Å². The average Bonchev–Trinajstić information content (AvgIpc) is 3.17. The second kappa shape index (κ2) is 6.59. The van der Waals surface area contributed by atoms with Crippen molar-refractivity contribution in [2.45, 2.75) is 25.5 Å². The topological polar surface area (TPSA) is 51.1 Å². The zero-order chi connectivity index (χ0) is 17.2. The Bertz CT molecular complexity index is 814. The van der Waals surface area contributed by atoms with Gasteiger partial charge in [0, 0.05) is 19.5 Å². The molecule has 0 fully saturated rings. The lowest BCUT2D eigenvalue weighted by atomic mass is 9.98. The molecule has 2 aromatic rings. The number of carbonyl (C=O) groups excluding carboxylic acids is 1. The van der Waals surface area contributed by atoms with Gasteiger partial charge in [0.2, 0.25) is 6.10 Å². The number of carbonyl (C=O) groups is 1. The number of benzene rings is 2. The first-order valence-corrected chi connectivity index (χ1v) is 8.47. The van der Waals surface area contributed by atoms with Crippen molar-refractivity contribution in [3.63, 3.8) is 0 Å². The highest BCUT2D eigenvalue weighted by Gasteiger charge is 2.33. The first-order valence-electron chi connectivity index (χ1n) is 8.47. The quantitative estimate of drug-likeness (QED) is 0.866. The molecule has 2 aromatic carbocycles. The molecule has 1 atom stereocenters. The molecule has 128 valence electrons. The summed E-state index contributed by atoms with van der Waals surface area (Å²) in [6, 6.07) is 15.9. The summed E-state index contributed by atoms with van der Waals surface area (Å²) >= 11 is 0. The molecule has 25 heavy (non-hydrogen) atoms. The lowest BCUT2D eigenvalue weighted by Gasteiger charge is -2.30. The first-order chi connectivity index (χ1) is 12.2. The Kier molecular flexibility index (Phi) is 4.14. The highest BCUT2D eigenvalue weighted by Crippen LogP contribution is 2.24. The second-order valence-corrected chi connectivity index (χ2v) is 6.34. The maximum absolute atomic E-state index is 12.8. The largest absolute Gasteiger partial charge is 0.497 e. The molecule has 2 heterocycles. The Hall–Kier alpha value is -2.82. The molecule has 5 nitrogen and oxygen atoms in total. The van der Waals surface area contributed by atoms with Gasteiger partial charge < -0.3 is 14.5 Å². The smallest absolute Gasteiger partial charge is 0.267 e. The molecular weight excluding hydrogens is 316 g/mol. The van der Waals surface area contributed by atoms with Gasteiger partial charge in [-0.1, -0.05) is 29.4 Å². The summed E-state index contributed by atoms with van der Waals surface area (Å²) in [5, 5.41) is 4.13. The van der Waals surface area contributed by atoms with Crippen molar-refractivity contribution in [3.8, 4) is 5.75 Å². The van der Waals surface area contributed by atoms with E-state index in [0.29, 0.717) is 13.0 Å². The molecule has 0 spiro atoms. The minimum Gasteiger partial charge on any atom is -0.497 e. The predicted octanol–water partition coefficient (Wildman–Crippen LogP) is 2.77. The lowest BCUT2D eigenvalue weighted by molar-refractivity contribution is -0.143. The number of hydrogen-bond acceptors (Lipinski definition) is 4. The lowest BCUT2D eigenvalue weighted by Crippen LogP contribution is -2.42. The maximum atomic E-state index is 12.8. The molecule has 2 aliphatic rings. The van der Waals surface area contributed by atoms with E-state index in [1.165, 1.54) is 11.1 Å². The third-order valence-corrected chi connectivity index (χ3v) is 4.81. The monoisotopic (exact) mass is 336 g/mol. The highest BCUT2D eigenvalue weighted by molar-refractivity contribution is 6.04. The molecule has 0 N–H and O–H groups in total. The molecular formula is C20H20N2O3. The molecule has 0 radical (unpaired) electrons. The molecule has 0 saturated carbocycles. The van der Waals surface area contributed by atoms with Crippen molar-refractivity contribution < 1.29 is 14.4 Å². The van der Waals surface area contributed by atoms with E-state index in [0.717, 1.165) is 30.0 Å². The zero-order valence-corrected chi connectivity index (χ0v) is 14.1. The summed E-state index contributed by atoms with van der Waals surface area (Å²) in [6.45, 7) is 1.38. The van der Waals surface area contributed by atoms with E-state index in [1.54, 1.807) is 7.11 Å². The van der Waals surface area contributed by atoms with E-state index in [9.17, 15) is 4.79 Å². The predicted molar refractivity (Wildman–Crippen MR) is 94.6 cm³/mol. The van der Waals surface area contributed by atoms with E-state index in [-0.39, 0.29) is 5.91 Å². The maximum Gasteiger partial charge on any atom is 0.267 e. The van der Waals surface area contributed by atoms with Crippen molar-refractivity contribution >= 4 is 11.6 Å². The molecule has 0 saturated heterocycles. The number of oxime groups is 1. The summed E-state index contributed by atoms with van der Waals surface area (Å²) in [4.78, 5) is 20.1. The second-order valence-electron chi connectivity index (χ2n) is 6.34. The van der Waals surface area contributed by atoms with Crippen LogP contribution in [-0.2, 0) is 22.6 Å². The van der Waals surface area contributed by atoms with Crippen molar-refractivity contribution in [3.05, 3.63) is 65.2 Å². The first kappa shape index (κ1) is 15.7. The van der Waals surface area contributed by atoms with Crippen LogP contribution in [0.25, 0.3) is 0 Å². The number of amides is 1. The van der Waals surface area contributed by atoms with Crippen LogP contribution in [-0.4, -0.2) is 36.3 Å². The molecule has 0 bridgehead atoms. The summed E-state index contributed by atoms with van der Waals surface area (Å²) in [7, 11) is 1.64. The number of nitrogens with zero attached hydrogens (tertiary/aromatic N) is 2. The van der Waals surface area contributed by atoms with Gasteiger partial charge in [-0.05, 0) is 47.4 Å². The van der Waals surface area contributed by atoms with Crippen molar-refractivity contribution in [1.29, 1.82) is 0 Å². The molecule has 0 aliphatic carbocycles. The van der Waals surface area contributed by atoms with Crippen molar-refractivity contribution in [2.24, 2.45) is 5.16 Å². The van der Waals surface area contributed by atoms with Gasteiger partial charge in [-0.2, -0.15) is 0 Å². The zero-order valence-electron chi connectivity index (χ0n) is 14.1. The summed E-state index contributed by atoms with van der Waals surface area (Å²) < 4.78 is 5.17. The standard InChI is InChI=1S/C20H20N2O3/c1-24-17-8-6-15(7-9-17)18-12-19(25-21-18)20(23)22-11-10-14-4-2-3-5-16(14)13-22/h2-9,19H,10-13H2,1H3/t19-/m0/s1. The normalized spacial score (nSPS) is 19.0. The molecule has 2 aliphatic heterocycles. The average molecular weight is 336 g/mol. The van der Waals surface area contributed by atoms with Crippen LogP contribution in [0.4, 0.5) is 0 Å². The van der Waals surface area contributed by atoms with Crippen LogP contribution < -0.4 is 4.74 Å². The Labute approximate surface area is 146 Å². The fourth-order valence-electron chi connectivity index (χ4n) is 3.35. The van der Waals surface area contributed by atoms with Crippen LogP contribution in [0.2, 0.25) is 0 Å². The summed E-state index contributed by atoms with van der Waals surface area (Å²) in [6.07, 6.45) is 0.867. The van der Waals surface area contributed by atoms with Gasteiger partial charge in [0.1, 0.15) is 5.75 Å². The Morgan fingerprint density at radius 1 is 1.16 bits per heavy atom. The van der Waals surface area contributed by atoms with Gasteiger partial charge in [-0.3, -0.25) is 4.79 Å². The van der Waals surface area contributed by atoms with Gasteiger partial charge in [-0.15, -0.1) is 0 Å². The van der Waals surface area contributed by atoms with Crippen LogP contribution in [0.15, 0.2) is 53.7 Å². The van der Waals surface area contributed by atoms with Gasteiger partial charge in [0.15, 0.2) is 0 Å². The van der Waals surface area contributed by atoms with Crippen LogP contribution in [0.5, 0.6) is 5.75 Å². The van der Waals surface area contributed by atoms with E-state index >= 15 is 0 Å². The Morgan fingerprint density at radius 2 is 1.92 bits per heavy atom. The van der Waals surface area contributed by atoms with E-state index in [2.05, 4.69) is 17.3 Å². The molecule has 0 unspecified atom stereocenters. The molecule has 5 heteroatoms. The number of rotatable bonds is 3. The molecule has 0 aromatic heterocycles. The fraction of sp³-hybridized carbons (Fsp3) is 0.300. The summed E-state index contributed by atoms with van der Waals surface area (Å²) in [5.74, 6) is 0.810. The third-order valence-electron chi connectivity index (χ3n) is 4.81. The van der Waals surface area contributed by atoms with E-state index in [1.807, 2.05) is 41.3 Å². The number of methoxy groups -OCH3 is 1. The summed E-state index contributed by atoms with van der Waals surface area (Å²) in [5.41, 5.74) is 4.31. The van der Waals surface area contributed by atoms with Crippen molar-refractivity contribution in [1.82, 2.24) is 4.90 Å². The van der Waals surface area contributed by atoms with Gasteiger partial charge in [-0.25, -0.2) is 0 Å². The van der Waals surface area contributed by atoms with E-state index < -0.39 is 6.10 Å². The number of hydrogen-bond donors (Lipinski definition) is 0. The molecule has 4 rings (SSSR count). The van der Waals surface area contributed by atoms with Gasteiger partial charge in [0.25, 0.3) is 5.91 Å². The Balaban J connectivity index is 1.41. The molecule has 1 amide bonds. The van der Waals surface area contributed by atoms with Crippen LogP contribution >= 0.6 is 0 Å². The van der Waals surface area contributed by atoms with Crippen LogP contribution in [0, 0.1) is 0 Å². The van der Waals surface area contributed by atoms with Gasteiger partial charge in [0.05, 0.1) is 12.8 Å². The van der Waals surface area contributed by atoms with Crippen LogP contribution in [0.3, 0.4) is 0 Å². The van der Waals surface area contributed by atoms with Crippen molar-refractivity contribution in [2.75, 3.05) is 13.7 Å². The minimum atomic E-state index is -0.526. The van der Waals surface area contributed by atoms with Gasteiger partial charge >= 0.3 is 0 Å². The fourth-order valence-corrected chi connectivity index (χ4v) is 3.35. The minimum absolute atomic E-state index is 0.0155. The van der Waals surface area contributed by atoms with E-state index in [4.69, 9.17) is 9.57 Å². The number of ether oxygens (including phenoxy) is 1. The number of fused-ring (bicyclic) bond motifs is 1. The SMILES string of the molecule is COc1ccc(C2=NO[C@H](C(=O)N3CCc4ccccc4C3)C2)cc1. The third kappa shape index (κ3) is 3.09. The highest BCUT2D eigenvalue weighted by atomic mass is 16.6.